The number of nitrogens with two attached hydrogens (primary N) is 1. The highest BCUT2D eigenvalue weighted by Crippen LogP contribution is 2.43. The summed E-state index contributed by atoms with van der Waals surface area (Å²) in [5, 5.41) is 3.36. The van der Waals surface area contributed by atoms with E-state index in [0.29, 0.717) is 12.0 Å². The standard InChI is InChI=1S/C15H24N2/c1-11(2)10-12-4-6-13(7-5-12)14(17-3)15(16)8-9-15/h4-7,11,14,17H,8-10,16H2,1-3H3. The van der Waals surface area contributed by atoms with Gasteiger partial charge in [0, 0.05) is 5.54 Å². The summed E-state index contributed by atoms with van der Waals surface area (Å²) in [5.41, 5.74) is 9.02. The van der Waals surface area contributed by atoms with Gasteiger partial charge in [-0.25, -0.2) is 0 Å². The van der Waals surface area contributed by atoms with Gasteiger partial charge in [0.2, 0.25) is 0 Å². The lowest BCUT2D eigenvalue weighted by Gasteiger charge is -2.23. The molecule has 17 heavy (non-hydrogen) atoms. The van der Waals surface area contributed by atoms with E-state index in [1.165, 1.54) is 11.1 Å². The largest absolute Gasteiger partial charge is 0.323 e. The topological polar surface area (TPSA) is 38.0 Å². The van der Waals surface area contributed by atoms with Crippen LogP contribution in [0.1, 0.15) is 43.9 Å². The minimum atomic E-state index is -0.00564. The Labute approximate surface area is 105 Å². The van der Waals surface area contributed by atoms with Crippen molar-refractivity contribution in [3.8, 4) is 0 Å². The van der Waals surface area contributed by atoms with Gasteiger partial charge in [0.1, 0.15) is 0 Å². The van der Waals surface area contributed by atoms with Gasteiger partial charge in [0.05, 0.1) is 6.04 Å². The van der Waals surface area contributed by atoms with Crippen LogP contribution in [0.2, 0.25) is 0 Å². The fourth-order valence-electron chi connectivity index (χ4n) is 2.54. The summed E-state index contributed by atoms with van der Waals surface area (Å²) in [5.74, 6) is 0.713. The van der Waals surface area contributed by atoms with Crippen LogP contribution in [0.4, 0.5) is 0 Å². The van der Waals surface area contributed by atoms with Gasteiger partial charge in [-0.15, -0.1) is 0 Å². The predicted octanol–water partition coefficient (Wildman–Crippen LogP) is 2.64. The van der Waals surface area contributed by atoms with E-state index in [1.807, 2.05) is 7.05 Å². The third kappa shape index (κ3) is 2.88. The van der Waals surface area contributed by atoms with Crippen molar-refractivity contribution < 1.29 is 0 Å². The zero-order valence-corrected chi connectivity index (χ0v) is 11.2. The van der Waals surface area contributed by atoms with Crippen molar-refractivity contribution in [1.29, 1.82) is 0 Å². The summed E-state index contributed by atoms with van der Waals surface area (Å²) >= 11 is 0. The lowest BCUT2D eigenvalue weighted by molar-refractivity contribution is 0.461. The Kier molecular flexibility index (Phi) is 3.55. The Morgan fingerprint density at radius 3 is 2.24 bits per heavy atom. The Balaban J connectivity index is 2.11. The van der Waals surface area contributed by atoms with E-state index in [0.717, 1.165) is 19.3 Å². The smallest absolute Gasteiger partial charge is 0.0500 e. The summed E-state index contributed by atoms with van der Waals surface area (Å²) in [4.78, 5) is 0. The van der Waals surface area contributed by atoms with Crippen LogP contribution in [0.3, 0.4) is 0 Å². The molecule has 2 rings (SSSR count). The average Bonchev–Trinajstić information content (AvgIpc) is 3.00. The molecule has 2 heteroatoms. The zero-order chi connectivity index (χ0) is 12.5. The first-order valence-electron chi connectivity index (χ1n) is 6.60. The minimum absolute atomic E-state index is 0.00564. The van der Waals surface area contributed by atoms with Crippen LogP contribution in [0, 0.1) is 5.92 Å². The first kappa shape index (κ1) is 12.6. The van der Waals surface area contributed by atoms with Crippen molar-refractivity contribution in [3.63, 3.8) is 0 Å². The van der Waals surface area contributed by atoms with Crippen molar-refractivity contribution in [3.05, 3.63) is 35.4 Å². The number of benzene rings is 1. The molecule has 2 nitrogen and oxygen atoms in total. The number of hydrogen-bond acceptors (Lipinski definition) is 2. The molecule has 1 fully saturated rings. The van der Waals surface area contributed by atoms with Gasteiger partial charge in [-0.1, -0.05) is 38.1 Å². The molecule has 0 aliphatic heterocycles. The maximum absolute atomic E-state index is 6.29. The van der Waals surface area contributed by atoms with Gasteiger partial charge in [-0.3, -0.25) is 0 Å². The highest BCUT2D eigenvalue weighted by Gasteiger charge is 2.45. The van der Waals surface area contributed by atoms with Crippen molar-refractivity contribution in [2.45, 2.75) is 44.7 Å². The molecule has 0 saturated heterocycles. The second-order valence-corrected chi connectivity index (χ2v) is 5.79. The lowest BCUT2D eigenvalue weighted by Crippen LogP contribution is -2.38. The van der Waals surface area contributed by atoms with Gasteiger partial charge in [0.25, 0.3) is 0 Å². The molecule has 0 radical (unpaired) electrons. The van der Waals surface area contributed by atoms with E-state index < -0.39 is 0 Å². The molecule has 0 spiro atoms. The van der Waals surface area contributed by atoms with Gasteiger partial charge in [-0.2, -0.15) is 0 Å². The molecule has 0 aromatic heterocycles. The second kappa shape index (κ2) is 4.79. The molecule has 0 heterocycles. The first-order chi connectivity index (χ1) is 8.05. The summed E-state index contributed by atoms with van der Waals surface area (Å²) in [6.07, 6.45) is 3.41. The van der Waals surface area contributed by atoms with Gasteiger partial charge < -0.3 is 11.1 Å². The molecule has 0 bridgehead atoms. The Morgan fingerprint density at radius 2 is 1.82 bits per heavy atom. The number of rotatable bonds is 5. The van der Waals surface area contributed by atoms with Crippen molar-refractivity contribution >= 4 is 0 Å². The van der Waals surface area contributed by atoms with E-state index in [-0.39, 0.29) is 5.54 Å². The van der Waals surface area contributed by atoms with Crippen molar-refractivity contribution in [1.82, 2.24) is 5.32 Å². The zero-order valence-electron chi connectivity index (χ0n) is 11.2. The molecule has 1 aliphatic rings. The normalized spacial score (nSPS) is 19.4. The fraction of sp³-hybridized carbons (Fsp3) is 0.600. The van der Waals surface area contributed by atoms with Crippen LogP contribution in [-0.4, -0.2) is 12.6 Å². The molecule has 1 saturated carbocycles. The van der Waals surface area contributed by atoms with E-state index in [4.69, 9.17) is 5.73 Å². The van der Waals surface area contributed by atoms with Crippen LogP contribution < -0.4 is 11.1 Å². The number of nitrogens with one attached hydrogen (secondary N) is 1. The van der Waals surface area contributed by atoms with Crippen LogP contribution >= 0.6 is 0 Å². The molecule has 1 aliphatic carbocycles. The number of hydrogen-bond donors (Lipinski definition) is 2. The highest BCUT2D eigenvalue weighted by atomic mass is 15.0. The van der Waals surface area contributed by atoms with Gasteiger partial charge in [0.15, 0.2) is 0 Å². The van der Waals surface area contributed by atoms with E-state index >= 15 is 0 Å². The Bertz CT molecular complexity index is 363. The third-order valence-electron chi connectivity index (χ3n) is 3.65. The molecule has 1 aromatic carbocycles. The van der Waals surface area contributed by atoms with E-state index in [9.17, 15) is 0 Å². The summed E-state index contributed by atoms with van der Waals surface area (Å²) in [6.45, 7) is 4.51. The van der Waals surface area contributed by atoms with Crippen LogP contribution in [0.25, 0.3) is 0 Å². The SMILES string of the molecule is CNC(c1ccc(CC(C)C)cc1)C1(N)CC1. The molecule has 94 valence electrons. The molecule has 3 N–H and O–H groups in total. The summed E-state index contributed by atoms with van der Waals surface area (Å²) in [7, 11) is 2.00. The Morgan fingerprint density at radius 1 is 1.24 bits per heavy atom. The van der Waals surface area contributed by atoms with E-state index in [2.05, 4.69) is 43.4 Å². The van der Waals surface area contributed by atoms with Gasteiger partial charge >= 0.3 is 0 Å². The van der Waals surface area contributed by atoms with Crippen molar-refractivity contribution in [2.24, 2.45) is 11.7 Å². The lowest BCUT2D eigenvalue weighted by atomic mass is 9.95. The summed E-state index contributed by atoms with van der Waals surface area (Å²) in [6, 6.07) is 9.24. The van der Waals surface area contributed by atoms with Crippen LogP contribution in [-0.2, 0) is 6.42 Å². The predicted molar refractivity (Wildman–Crippen MR) is 72.9 cm³/mol. The molecule has 1 atom stereocenters. The molecule has 0 amide bonds. The number of likely N-dealkylation sites (N-methyl/N-ethyl adjacent to an activating group) is 1. The maximum atomic E-state index is 6.29. The molecular weight excluding hydrogens is 208 g/mol. The Hall–Kier alpha value is -0.860. The molecule has 1 aromatic rings. The first-order valence-corrected chi connectivity index (χ1v) is 6.60. The van der Waals surface area contributed by atoms with E-state index in [1.54, 1.807) is 0 Å². The quantitative estimate of drug-likeness (QED) is 0.819. The fourth-order valence-corrected chi connectivity index (χ4v) is 2.54. The highest BCUT2D eigenvalue weighted by molar-refractivity contribution is 5.30. The average molecular weight is 232 g/mol. The maximum Gasteiger partial charge on any atom is 0.0500 e. The third-order valence-corrected chi connectivity index (χ3v) is 3.65. The van der Waals surface area contributed by atoms with Gasteiger partial charge in [-0.05, 0) is 43.4 Å². The van der Waals surface area contributed by atoms with Crippen LogP contribution in [0.15, 0.2) is 24.3 Å². The minimum Gasteiger partial charge on any atom is -0.323 e. The molecular formula is C15H24N2. The molecule has 1 unspecified atom stereocenters. The monoisotopic (exact) mass is 232 g/mol. The summed E-state index contributed by atoms with van der Waals surface area (Å²) < 4.78 is 0. The van der Waals surface area contributed by atoms with Crippen LogP contribution in [0.5, 0.6) is 0 Å². The second-order valence-electron chi connectivity index (χ2n) is 5.79. The van der Waals surface area contributed by atoms with Crippen molar-refractivity contribution in [2.75, 3.05) is 7.05 Å².